The van der Waals surface area contributed by atoms with E-state index in [4.69, 9.17) is 18.9 Å². The summed E-state index contributed by atoms with van der Waals surface area (Å²) in [5.74, 6) is -0.819. The average molecular weight is 456 g/mol. The van der Waals surface area contributed by atoms with Gasteiger partial charge in [0.15, 0.2) is 6.61 Å². The summed E-state index contributed by atoms with van der Waals surface area (Å²) in [6, 6.07) is 13.6. The standard InChI is InChI=1S/C25H29NO7/c1-16(2)33-23(28)15-32-25(29)20-13-14-22(27)26(17-9-11-18(30-3)12-10-17)24(20)19-7-5-6-8-21(19)31-4/h5-12,16,20,24H,13-15H2,1-4H3. The SMILES string of the molecule is COc1ccc(N2C(=O)CCC(C(=O)OCC(=O)OC(C)C)C2c2ccccc2OC)cc1. The number of carbonyl (C=O) groups is 3. The Bertz CT molecular complexity index is 987. The fourth-order valence-corrected chi connectivity index (χ4v) is 3.99. The summed E-state index contributed by atoms with van der Waals surface area (Å²) in [6.45, 7) is 2.95. The number of piperidine rings is 1. The number of esters is 2. The van der Waals surface area contributed by atoms with Crippen LogP contribution in [0, 0.1) is 5.92 Å². The topological polar surface area (TPSA) is 91.4 Å². The molecule has 0 radical (unpaired) electrons. The molecule has 0 saturated carbocycles. The Balaban J connectivity index is 1.98. The Kier molecular flexibility index (Phi) is 7.92. The van der Waals surface area contributed by atoms with Gasteiger partial charge in [0.25, 0.3) is 0 Å². The summed E-state index contributed by atoms with van der Waals surface area (Å²) in [5, 5.41) is 0. The zero-order valence-electron chi connectivity index (χ0n) is 19.3. The van der Waals surface area contributed by atoms with Crippen molar-refractivity contribution in [1.82, 2.24) is 0 Å². The van der Waals surface area contributed by atoms with Crippen LogP contribution in [-0.2, 0) is 23.9 Å². The van der Waals surface area contributed by atoms with Crippen molar-refractivity contribution < 1.29 is 33.3 Å². The predicted octanol–water partition coefficient (Wildman–Crippen LogP) is 3.68. The molecular weight excluding hydrogens is 426 g/mol. The van der Waals surface area contributed by atoms with Gasteiger partial charge in [-0.25, -0.2) is 4.79 Å². The highest BCUT2D eigenvalue weighted by Gasteiger charge is 2.43. The minimum absolute atomic E-state index is 0.126. The minimum atomic E-state index is -0.701. The second-order valence-corrected chi connectivity index (χ2v) is 7.94. The molecular formula is C25H29NO7. The Morgan fingerprint density at radius 1 is 1.03 bits per heavy atom. The van der Waals surface area contributed by atoms with Gasteiger partial charge in [-0.2, -0.15) is 0 Å². The van der Waals surface area contributed by atoms with E-state index >= 15 is 0 Å². The molecule has 2 atom stereocenters. The van der Waals surface area contributed by atoms with E-state index in [-0.39, 0.29) is 24.9 Å². The maximum absolute atomic E-state index is 13.1. The number of benzene rings is 2. The molecule has 2 aromatic rings. The third-order valence-electron chi connectivity index (χ3n) is 5.41. The van der Waals surface area contributed by atoms with Crippen molar-refractivity contribution in [2.45, 2.75) is 38.8 Å². The molecule has 0 N–H and O–H groups in total. The molecule has 2 unspecified atom stereocenters. The van der Waals surface area contributed by atoms with Crippen molar-refractivity contribution in [2.75, 3.05) is 25.7 Å². The summed E-state index contributed by atoms with van der Waals surface area (Å²) in [4.78, 5) is 39.7. The Labute approximate surface area is 193 Å². The molecule has 1 aliphatic heterocycles. The van der Waals surface area contributed by atoms with Crippen molar-refractivity contribution >= 4 is 23.5 Å². The van der Waals surface area contributed by atoms with Crippen LogP contribution < -0.4 is 14.4 Å². The molecule has 0 aliphatic carbocycles. The van der Waals surface area contributed by atoms with Crippen LogP contribution in [0.5, 0.6) is 11.5 Å². The monoisotopic (exact) mass is 455 g/mol. The van der Waals surface area contributed by atoms with Gasteiger partial charge in [-0.15, -0.1) is 0 Å². The van der Waals surface area contributed by atoms with Crippen LogP contribution in [0.3, 0.4) is 0 Å². The number of carbonyl (C=O) groups excluding carboxylic acids is 3. The molecule has 0 aromatic heterocycles. The summed E-state index contributed by atoms with van der Waals surface area (Å²) in [6.07, 6.45) is 0.135. The zero-order chi connectivity index (χ0) is 24.0. The van der Waals surface area contributed by atoms with Crippen molar-refractivity contribution in [1.29, 1.82) is 0 Å². The second kappa shape index (κ2) is 10.8. The first-order valence-electron chi connectivity index (χ1n) is 10.8. The number of ether oxygens (including phenoxy) is 4. The number of methoxy groups -OCH3 is 2. The predicted molar refractivity (Wildman–Crippen MR) is 121 cm³/mol. The number of anilines is 1. The highest BCUT2D eigenvalue weighted by molar-refractivity contribution is 5.97. The molecule has 8 nitrogen and oxygen atoms in total. The van der Waals surface area contributed by atoms with Gasteiger partial charge in [-0.3, -0.25) is 9.59 Å². The largest absolute Gasteiger partial charge is 0.497 e. The maximum Gasteiger partial charge on any atom is 0.344 e. The lowest BCUT2D eigenvalue weighted by Gasteiger charge is -2.40. The van der Waals surface area contributed by atoms with Crippen LogP contribution in [0.15, 0.2) is 48.5 Å². The Morgan fingerprint density at radius 3 is 2.36 bits per heavy atom. The average Bonchev–Trinajstić information content (AvgIpc) is 2.82. The molecule has 1 saturated heterocycles. The number of nitrogens with zero attached hydrogens (tertiary/aromatic N) is 1. The first-order chi connectivity index (χ1) is 15.8. The summed E-state index contributed by atoms with van der Waals surface area (Å²) < 4.78 is 21.1. The summed E-state index contributed by atoms with van der Waals surface area (Å²) in [5.41, 5.74) is 1.30. The minimum Gasteiger partial charge on any atom is -0.497 e. The van der Waals surface area contributed by atoms with Gasteiger partial charge in [0.1, 0.15) is 11.5 Å². The summed E-state index contributed by atoms with van der Waals surface area (Å²) >= 11 is 0. The molecule has 1 fully saturated rings. The quantitative estimate of drug-likeness (QED) is 0.561. The van der Waals surface area contributed by atoms with Crippen LogP contribution >= 0.6 is 0 Å². The van der Waals surface area contributed by atoms with E-state index in [1.807, 2.05) is 18.2 Å². The van der Waals surface area contributed by atoms with Crippen molar-refractivity contribution in [3.63, 3.8) is 0 Å². The highest BCUT2D eigenvalue weighted by atomic mass is 16.6. The van der Waals surface area contributed by atoms with Gasteiger partial charge < -0.3 is 23.8 Å². The molecule has 0 spiro atoms. The molecule has 1 heterocycles. The van der Waals surface area contributed by atoms with Gasteiger partial charge in [-0.1, -0.05) is 18.2 Å². The van der Waals surface area contributed by atoms with Crippen LogP contribution in [0.1, 0.15) is 38.3 Å². The van der Waals surface area contributed by atoms with Crippen LogP contribution in [-0.4, -0.2) is 44.8 Å². The number of hydrogen-bond donors (Lipinski definition) is 0. The van der Waals surface area contributed by atoms with Crippen molar-refractivity contribution in [2.24, 2.45) is 5.92 Å². The number of para-hydroxylation sites is 1. The van der Waals surface area contributed by atoms with E-state index in [0.717, 1.165) is 0 Å². The van der Waals surface area contributed by atoms with Gasteiger partial charge in [-0.05, 0) is 50.6 Å². The molecule has 1 aliphatic rings. The Morgan fingerprint density at radius 2 is 1.73 bits per heavy atom. The highest BCUT2D eigenvalue weighted by Crippen LogP contribution is 2.43. The fourth-order valence-electron chi connectivity index (χ4n) is 3.99. The van der Waals surface area contributed by atoms with E-state index in [0.29, 0.717) is 22.7 Å². The molecule has 2 aromatic carbocycles. The molecule has 0 bridgehead atoms. The van der Waals surface area contributed by atoms with Crippen LogP contribution in [0.2, 0.25) is 0 Å². The number of hydrogen-bond acceptors (Lipinski definition) is 7. The van der Waals surface area contributed by atoms with E-state index in [1.165, 1.54) is 7.11 Å². The van der Waals surface area contributed by atoms with Gasteiger partial charge in [0, 0.05) is 17.7 Å². The van der Waals surface area contributed by atoms with E-state index < -0.39 is 30.5 Å². The maximum atomic E-state index is 13.1. The van der Waals surface area contributed by atoms with Crippen molar-refractivity contribution in [3.05, 3.63) is 54.1 Å². The molecule has 176 valence electrons. The molecule has 8 heteroatoms. The lowest BCUT2D eigenvalue weighted by Crippen LogP contribution is -2.46. The van der Waals surface area contributed by atoms with Crippen LogP contribution in [0.25, 0.3) is 0 Å². The van der Waals surface area contributed by atoms with Gasteiger partial charge in [0.05, 0.1) is 32.3 Å². The normalized spacial score (nSPS) is 18.1. The number of rotatable bonds is 8. The third-order valence-corrected chi connectivity index (χ3v) is 5.41. The molecule has 33 heavy (non-hydrogen) atoms. The number of amides is 1. The third kappa shape index (κ3) is 5.63. The van der Waals surface area contributed by atoms with Gasteiger partial charge >= 0.3 is 11.9 Å². The lowest BCUT2D eigenvalue weighted by molar-refractivity contribution is -0.164. The Hall–Kier alpha value is -3.55. The van der Waals surface area contributed by atoms with E-state index in [2.05, 4.69) is 0 Å². The molecule has 3 rings (SSSR count). The lowest BCUT2D eigenvalue weighted by atomic mass is 9.83. The van der Waals surface area contributed by atoms with Crippen molar-refractivity contribution in [3.8, 4) is 11.5 Å². The summed E-state index contributed by atoms with van der Waals surface area (Å²) in [7, 11) is 3.10. The first kappa shape index (κ1) is 24.1. The van der Waals surface area contributed by atoms with E-state index in [1.54, 1.807) is 56.2 Å². The zero-order valence-corrected chi connectivity index (χ0v) is 19.3. The van der Waals surface area contributed by atoms with E-state index in [9.17, 15) is 14.4 Å². The second-order valence-electron chi connectivity index (χ2n) is 7.94. The molecule has 1 amide bonds. The first-order valence-corrected chi connectivity index (χ1v) is 10.8. The van der Waals surface area contributed by atoms with Crippen LogP contribution in [0.4, 0.5) is 5.69 Å². The smallest absolute Gasteiger partial charge is 0.344 e. The van der Waals surface area contributed by atoms with Gasteiger partial charge in [0.2, 0.25) is 5.91 Å². The fraction of sp³-hybridized carbons (Fsp3) is 0.400.